The maximum absolute atomic E-state index is 13.3. The number of anilines is 2. The van der Waals surface area contributed by atoms with Crippen molar-refractivity contribution in [3.63, 3.8) is 0 Å². The summed E-state index contributed by atoms with van der Waals surface area (Å²) in [6, 6.07) is 1.80. The van der Waals surface area contributed by atoms with Crippen molar-refractivity contribution in [3.8, 4) is 0 Å². The van der Waals surface area contributed by atoms with Crippen molar-refractivity contribution in [2.75, 3.05) is 36.4 Å². The van der Waals surface area contributed by atoms with Crippen LogP contribution in [0.3, 0.4) is 0 Å². The first-order valence-electron chi connectivity index (χ1n) is 11.8. The van der Waals surface area contributed by atoms with Crippen molar-refractivity contribution in [1.82, 2.24) is 15.3 Å². The number of piperidine rings is 1. The highest BCUT2D eigenvalue weighted by molar-refractivity contribution is 6.07. The highest BCUT2D eigenvalue weighted by Crippen LogP contribution is 2.27. The Balaban J connectivity index is 0.00000141. The Morgan fingerprint density at radius 1 is 1.19 bits per heavy atom. The van der Waals surface area contributed by atoms with E-state index < -0.39 is 0 Å². The van der Waals surface area contributed by atoms with E-state index in [-0.39, 0.29) is 11.8 Å². The van der Waals surface area contributed by atoms with Crippen LogP contribution < -0.4 is 15.5 Å². The fraction of sp³-hybridized carbons (Fsp3) is 0.423. The zero-order chi connectivity index (χ0) is 22.8. The van der Waals surface area contributed by atoms with E-state index in [0.717, 1.165) is 38.0 Å². The summed E-state index contributed by atoms with van der Waals surface area (Å²) in [5.41, 5.74) is 1.79. The van der Waals surface area contributed by atoms with Crippen molar-refractivity contribution in [2.45, 2.75) is 33.6 Å². The minimum absolute atomic E-state index is 0.0479. The van der Waals surface area contributed by atoms with E-state index >= 15 is 0 Å². The number of allylic oxidation sites excluding steroid dienone is 8. The molecule has 0 bridgehead atoms. The molecule has 32 heavy (non-hydrogen) atoms. The van der Waals surface area contributed by atoms with Gasteiger partial charge in [0.1, 0.15) is 5.82 Å². The minimum atomic E-state index is -0.0479. The molecule has 6 nitrogen and oxygen atoms in total. The summed E-state index contributed by atoms with van der Waals surface area (Å²) in [5, 5.41) is 6.74. The van der Waals surface area contributed by atoms with Gasteiger partial charge in [0.25, 0.3) is 5.91 Å². The SMILES string of the molecule is CC.CCN(C(=O)C1=CC2=CC=CC=CC2C=C1)c1ccnc(NCC2CCNCC2)n1. The Kier molecular flexibility index (Phi) is 8.99. The number of hydrogen-bond donors (Lipinski definition) is 2. The smallest absolute Gasteiger partial charge is 0.259 e. The van der Waals surface area contributed by atoms with Crippen molar-refractivity contribution in [1.29, 1.82) is 0 Å². The first-order valence-corrected chi connectivity index (χ1v) is 11.8. The number of carbonyl (C=O) groups excluding carboxylic acids is 1. The number of aromatic nitrogens is 2. The molecule has 170 valence electrons. The van der Waals surface area contributed by atoms with Gasteiger partial charge in [-0.15, -0.1) is 0 Å². The van der Waals surface area contributed by atoms with Gasteiger partial charge in [0.15, 0.2) is 0 Å². The minimum Gasteiger partial charge on any atom is -0.354 e. The van der Waals surface area contributed by atoms with Crippen LogP contribution in [0.2, 0.25) is 0 Å². The lowest BCUT2D eigenvalue weighted by molar-refractivity contribution is -0.114. The highest BCUT2D eigenvalue weighted by atomic mass is 16.2. The van der Waals surface area contributed by atoms with Gasteiger partial charge in [0.2, 0.25) is 5.95 Å². The Labute approximate surface area is 191 Å². The van der Waals surface area contributed by atoms with Crippen LogP contribution in [0.5, 0.6) is 0 Å². The molecule has 1 unspecified atom stereocenters. The lowest BCUT2D eigenvalue weighted by Crippen LogP contribution is -2.33. The van der Waals surface area contributed by atoms with Gasteiger partial charge >= 0.3 is 0 Å². The van der Waals surface area contributed by atoms with Gasteiger partial charge in [-0.3, -0.25) is 9.69 Å². The van der Waals surface area contributed by atoms with Crippen LogP contribution in [-0.2, 0) is 4.79 Å². The molecule has 1 aliphatic heterocycles. The Bertz CT molecular complexity index is 922. The summed E-state index contributed by atoms with van der Waals surface area (Å²) in [6.45, 7) is 9.49. The van der Waals surface area contributed by atoms with E-state index in [1.165, 1.54) is 0 Å². The first-order chi connectivity index (χ1) is 15.7. The van der Waals surface area contributed by atoms with Gasteiger partial charge in [-0.2, -0.15) is 4.98 Å². The summed E-state index contributed by atoms with van der Waals surface area (Å²) in [5.74, 6) is 2.00. The quantitative estimate of drug-likeness (QED) is 0.694. The Morgan fingerprint density at radius 3 is 2.78 bits per heavy atom. The van der Waals surface area contributed by atoms with E-state index in [9.17, 15) is 4.79 Å². The normalized spacial score (nSPS) is 19.7. The summed E-state index contributed by atoms with van der Waals surface area (Å²) in [4.78, 5) is 23.9. The first kappa shape index (κ1) is 23.7. The van der Waals surface area contributed by atoms with Crippen molar-refractivity contribution >= 4 is 17.7 Å². The molecule has 1 atom stereocenters. The Hall–Kier alpha value is -2.99. The molecule has 1 aromatic heterocycles. The van der Waals surface area contributed by atoms with Crippen molar-refractivity contribution in [2.24, 2.45) is 11.8 Å². The number of nitrogens with zero attached hydrogens (tertiary/aromatic N) is 3. The van der Waals surface area contributed by atoms with E-state index in [1.807, 2.05) is 51.2 Å². The summed E-state index contributed by atoms with van der Waals surface area (Å²) in [6.07, 6.45) is 20.2. The molecule has 0 radical (unpaired) electrons. The van der Waals surface area contributed by atoms with Gasteiger partial charge in [0, 0.05) is 30.8 Å². The predicted molar refractivity (Wildman–Crippen MR) is 133 cm³/mol. The van der Waals surface area contributed by atoms with Crippen LogP contribution in [0.4, 0.5) is 11.8 Å². The number of rotatable bonds is 6. The molecule has 0 saturated carbocycles. The topological polar surface area (TPSA) is 70.2 Å². The molecule has 0 aromatic carbocycles. The fourth-order valence-corrected chi connectivity index (χ4v) is 4.00. The second-order valence-corrected chi connectivity index (χ2v) is 7.78. The third-order valence-corrected chi connectivity index (χ3v) is 5.75. The fourth-order valence-electron chi connectivity index (χ4n) is 4.00. The summed E-state index contributed by atoms with van der Waals surface area (Å²) >= 11 is 0. The average molecular weight is 434 g/mol. The zero-order valence-corrected chi connectivity index (χ0v) is 19.4. The summed E-state index contributed by atoms with van der Waals surface area (Å²) in [7, 11) is 0. The summed E-state index contributed by atoms with van der Waals surface area (Å²) < 4.78 is 0. The molecule has 4 rings (SSSR count). The highest BCUT2D eigenvalue weighted by Gasteiger charge is 2.22. The molecule has 2 N–H and O–H groups in total. The molecule has 3 aliphatic rings. The van der Waals surface area contributed by atoms with E-state index in [4.69, 9.17) is 0 Å². The van der Waals surface area contributed by atoms with Gasteiger partial charge in [-0.1, -0.05) is 56.4 Å². The number of likely N-dealkylation sites (N-methyl/N-ethyl adjacent to an activating group) is 1. The number of fused-ring (bicyclic) bond motifs is 1. The third-order valence-electron chi connectivity index (χ3n) is 5.75. The predicted octanol–water partition coefficient (Wildman–Crippen LogP) is 4.43. The van der Waals surface area contributed by atoms with Crippen LogP contribution in [0.25, 0.3) is 0 Å². The standard InChI is InChI=1S/C24H29N5O.C2H6/c1-2-29(23(30)21-9-8-19-6-4-3-5-7-20(19)16-21)22-12-15-26-24(28-22)27-17-18-10-13-25-14-11-18;1-2/h3-9,12,15-16,18-19,25H,2,10-11,13-14,17H2,1H3,(H,26,27,28);1-2H3. The average Bonchev–Trinajstić information content (AvgIpc) is 3.10. The second-order valence-electron chi connectivity index (χ2n) is 7.78. The van der Waals surface area contributed by atoms with Crippen LogP contribution in [0, 0.1) is 11.8 Å². The Morgan fingerprint density at radius 2 is 2.00 bits per heavy atom. The van der Waals surface area contributed by atoms with Gasteiger partial charge in [-0.25, -0.2) is 4.98 Å². The van der Waals surface area contributed by atoms with Gasteiger partial charge in [-0.05, 0) is 56.5 Å². The van der Waals surface area contributed by atoms with Gasteiger partial charge < -0.3 is 10.6 Å². The molecule has 0 spiro atoms. The van der Waals surface area contributed by atoms with Crippen LogP contribution >= 0.6 is 0 Å². The largest absolute Gasteiger partial charge is 0.354 e. The van der Waals surface area contributed by atoms with E-state index in [2.05, 4.69) is 38.8 Å². The lowest BCUT2D eigenvalue weighted by Gasteiger charge is -2.24. The lowest BCUT2D eigenvalue weighted by atomic mass is 9.90. The van der Waals surface area contributed by atoms with Crippen LogP contribution in [0.1, 0.15) is 33.6 Å². The molecule has 1 saturated heterocycles. The maximum Gasteiger partial charge on any atom is 0.259 e. The molecule has 2 aliphatic carbocycles. The van der Waals surface area contributed by atoms with E-state index in [0.29, 0.717) is 29.8 Å². The maximum atomic E-state index is 13.3. The second kappa shape index (κ2) is 12.2. The molecule has 1 amide bonds. The van der Waals surface area contributed by atoms with Crippen LogP contribution in [-0.4, -0.2) is 42.1 Å². The number of carbonyl (C=O) groups is 1. The van der Waals surface area contributed by atoms with E-state index in [1.54, 1.807) is 17.2 Å². The molecular formula is C26H35N5O. The molecule has 1 aromatic rings. The molecular weight excluding hydrogens is 398 g/mol. The third kappa shape index (κ3) is 6.04. The van der Waals surface area contributed by atoms with Crippen molar-refractivity contribution < 1.29 is 4.79 Å². The molecule has 6 heteroatoms. The monoisotopic (exact) mass is 433 g/mol. The van der Waals surface area contributed by atoms with Crippen molar-refractivity contribution in [3.05, 3.63) is 72.0 Å². The molecule has 2 heterocycles. The number of nitrogens with one attached hydrogen (secondary N) is 2. The molecule has 1 fully saturated rings. The number of hydrogen-bond acceptors (Lipinski definition) is 5. The number of amides is 1. The van der Waals surface area contributed by atoms with Gasteiger partial charge in [0.05, 0.1) is 0 Å². The van der Waals surface area contributed by atoms with Crippen LogP contribution in [0.15, 0.2) is 72.0 Å². The zero-order valence-electron chi connectivity index (χ0n) is 19.4.